The van der Waals surface area contributed by atoms with Gasteiger partial charge in [-0.05, 0) is 37.5 Å². The van der Waals surface area contributed by atoms with Crippen molar-refractivity contribution in [3.8, 4) is 0 Å². The molecule has 2 aromatic rings. The van der Waals surface area contributed by atoms with Gasteiger partial charge in [0.1, 0.15) is 5.82 Å². The lowest BCUT2D eigenvalue weighted by atomic mass is 10.00. The summed E-state index contributed by atoms with van der Waals surface area (Å²) in [6, 6.07) is 1.92. The van der Waals surface area contributed by atoms with Gasteiger partial charge >= 0.3 is 0 Å². The number of carbonyl (C=O) groups excluding carboxylic acids is 1. The molecule has 1 amide bonds. The minimum absolute atomic E-state index is 0.0616. The Morgan fingerprint density at radius 2 is 2.29 bits per heavy atom. The van der Waals surface area contributed by atoms with E-state index in [0.717, 1.165) is 29.2 Å². The number of nitrogens with one attached hydrogen (secondary N) is 1. The Morgan fingerprint density at radius 3 is 3.00 bits per heavy atom. The molecule has 1 N–H and O–H groups in total. The van der Waals surface area contributed by atoms with Crippen molar-refractivity contribution in [3.63, 3.8) is 0 Å². The van der Waals surface area contributed by atoms with Gasteiger partial charge in [-0.2, -0.15) is 5.10 Å². The normalized spacial score (nSPS) is 20.3. The van der Waals surface area contributed by atoms with Crippen LogP contribution in [0.15, 0.2) is 18.5 Å². The number of hydrogen-bond acceptors (Lipinski definition) is 5. The molecule has 1 aliphatic heterocycles. The molecule has 0 radical (unpaired) electrons. The minimum atomic E-state index is -0.0656. The standard InChI is InChI=1S/C17H23N5O2/c1-11-4-6-18-9-13(11)8-16(23)22(3)10-15-14(5-7-24-15)17-19-12(2)20-21-17/h4,6,9,14-15H,5,7-8,10H2,1-3H3,(H,19,20,21)/t14-,15-/m1/s1. The molecule has 7 nitrogen and oxygen atoms in total. The van der Waals surface area contributed by atoms with E-state index in [9.17, 15) is 4.79 Å². The number of rotatable bonds is 5. The third-order valence-electron chi connectivity index (χ3n) is 4.52. The molecule has 0 spiro atoms. The SMILES string of the molecule is Cc1nc([C@@H]2CCO[C@@H]2CN(C)C(=O)Cc2cnccc2C)n[nH]1. The Balaban J connectivity index is 1.62. The lowest BCUT2D eigenvalue weighted by molar-refractivity contribution is -0.130. The fourth-order valence-electron chi connectivity index (χ4n) is 3.00. The van der Waals surface area contributed by atoms with Crippen LogP contribution < -0.4 is 0 Å². The summed E-state index contributed by atoms with van der Waals surface area (Å²) in [5.41, 5.74) is 2.04. The second kappa shape index (κ2) is 7.09. The summed E-state index contributed by atoms with van der Waals surface area (Å²) in [7, 11) is 1.82. The third-order valence-corrected chi connectivity index (χ3v) is 4.52. The first-order valence-electron chi connectivity index (χ1n) is 8.18. The van der Waals surface area contributed by atoms with Crippen molar-refractivity contribution in [1.82, 2.24) is 25.1 Å². The number of aryl methyl sites for hydroxylation is 2. The van der Waals surface area contributed by atoms with Crippen LogP contribution >= 0.6 is 0 Å². The predicted molar refractivity (Wildman–Crippen MR) is 88.5 cm³/mol. The fourth-order valence-corrected chi connectivity index (χ4v) is 3.00. The molecule has 2 aromatic heterocycles. The molecule has 0 aromatic carbocycles. The van der Waals surface area contributed by atoms with Gasteiger partial charge < -0.3 is 9.64 Å². The summed E-state index contributed by atoms with van der Waals surface area (Å²) < 4.78 is 5.82. The first-order valence-corrected chi connectivity index (χ1v) is 8.18. The van der Waals surface area contributed by atoms with Crippen molar-refractivity contribution in [3.05, 3.63) is 41.2 Å². The summed E-state index contributed by atoms with van der Waals surface area (Å²) in [5.74, 6) is 1.77. The average Bonchev–Trinajstić information content (AvgIpc) is 3.18. The number of likely N-dealkylation sites (N-methyl/N-ethyl adjacent to an activating group) is 1. The Bertz CT molecular complexity index is 715. The lowest BCUT2D eigenvalue weighted by Crippen LogP contribution is -2.37. The van der Waals surface area contributed by atoms with Crippen LogP contribution in [0.25, 0.3) is 0 Å². The molecule has 0 aliphatic carbocycles. The second-order valence-electron chi connectivity index (χ2n) is 6.34. The van der Waals surface area contributed by atoms with Crippen molar-refractivity contribution in [2.75, 3.05) is 20.2 Å². The van der Waals surface area contributed by atoms with Crippen LogP contribution in [0, 0.1) is 13.8 Å². The van der Waals surface area contributed by atoms with E-state index in [-0.39, 0.29) is 17.9 Å². The number of ether oxygens (including phenoxy) is 1. The summed E-state index contributed by atoms with van der Waals surface area (Å²) >= 11 is 0. The molecule has 2 atom stereocenters. The molecule has 3 rings (SSSR count). The molecule has 1 aliphatic rings. The van der Waals surface area contributed by atoms with E-state index < -0.39 is 0 Å². The Labute approximate surface area is 141 Å². The maximum Gasteiger partial charge on any atom is 0.226 e. The molecule has 1 saturated heterocycles. The fraction of sp³-hybridized carbons (Fsp3) is 0.529. The molecule has 3 heterocycles. The average molecular weight is 329 g/mol. The molecule has 0 unspecified atom stereocenters. The Morgan fingerprint density at radius 1 is 1.46 bits per heavy atom. The van der Waals surface area contributed by atoms with Crippen molar-refractivity contribution < 1.29 is 9.53 Å². The van der Waals surface area contributed by atoms with E-state index in [4.69, 9.17) is 4.74 Å². The van der Waals surface area contributed by atoms with Crippen LogP contribution in [0.3, 0.4) is 0 Å². The van der Waals surface area contributed by atoms with E-state index in [0.29, 0.717) is 19.6 Å². The maximum atomic E-state index is 12.5. The van der Waals surface area contributed by atoms with E-state index in [1.165, 1.54) is 0 Å². The molecule has 128 valence electrons. The number of nitrogens with zero attached hydrogens (tertiary/aromatic N) is 4. The first kappa shape index (κ1) is 16.6. The van der Waals surface area contributed by atoms with E-state index in [1.54, 1.807) is 17.3 Å². The molecule has 0 saturated carbocycles. The highest BCUT2D eigenvalue weighted by molar-refractivity contribution is 5.78. The van der Waals surface area contributed by atoms with Gasteiger partial charge in [0.2, 0.25) is 5.91 Å². The van der Waals surface area contributed by atoms with Crippen LogP contribution in [0.2, 0.25) is 0 Å². The summed E-state index contributed by atoms with van der Waals surface area (Å²) in [4.78, 5) is 22.8. The quantitative estimate of drug-likeness (QED) is 0.896. The summed E-state index contributed by atoms with van der Waals surface area (Å²) in [6.45, 7) is 5.09. The number of pyridine rings is 1. The number of aromatic nitrogens is 4. The van der Waals surface area contributed by atoms with Gasteiger partial charge in [0.05, 0.1) is 18.4 Å². The minimum Gasteiger partial charge on any atom is -0.376 e. The van der Waals surface area contributed by atoms with E-state index >= 15 is 0 Å². The van der Waals surface area contributed by atoms with Crippen LogP contribution in [0.1, 0.15) is 35.1 Å². The smallest absolute Gasteiger partial charge is 0.226 e. The van der Waals surface area contributed by atoms with Crippen molar-refractivity contribution >= 4 is 5.91 Å². The van der Waals surface area contributed by atoms with E-state index in [1.807, 2.05) is 27.0 Å². The van der Waals surface area contributed by atoms with Crippen LogP contribution in [-0.4, -0.2) is 57.3 Å². The zero-order chi connectivity index (χ0) is 17.1. The van der Waals surface area contributed by atoms with Crippen molar-refractivity contribution in [2.45, 2.75) is 38.7 Å². The number of hydrogen-bond donors (Lipinski definition) is 1. The van der Waals surface area contributed by atoms with Gasteiger partial charge in [-0.1, -0.05) is 0 Å². The second-order valence-corrected chi connectivity index (χ2v) is 6.34. The van der Waals surface area contributed by atoms with Crippen molar-refractivity contribution in [2.24, 2.45) is 0 Å². The number of aromatic amines is 1. The van der Waals surface area contributed by atoms with Crippen LogP contribution in [-0.2, 0) is 16.0 Å². The topological polar surface area (TPSA) is 84.0 Å². The zero-order valence-electron chi connectivity index (χ0n) is 14.3. The third kappa shape index (κ3) is 3.62. The monoisotopic (exact) mass is 329 g/mol. The molecular weight excluding hydrogens is 306 g/mol. The van der Waals surface area contributed by atoms with E-state index in [2.05, 4.69) is 20.2 Å². The predicted octanol–water partition coefficient (Wildman–Crippen LogP) is 1.39. The van der Waals surface area contributed by atoms with Crippen LogP contribution in [0.4, 0.5) is 0 Å². The summed E-state index contributed by atoms with van der Waals surface area (Å²) in [6.07, 6.45) is 4.66. The first-order chi connectivity index (χ1) is 11.5. The van der Waals surface area contributed by atoms with Gasteiger partial charge in [0, 0.05) is 32.6 Å². The lowest BCUT2D eigenvalue weighted by Gasteiger charge is -2.24. The highest BCUT2D eigenvalue weighted by atomic mass is 16.5. The number of H-pyrrole nitrogens is 1. The van der Waals surface area contributed by atoms with Crippen LogP contribution in [0.5, 0.6) is 0 Å². The van der Waals surface area contributed by atoms with Gasteiger partial charge in [0.25, 0.3) is 0 Å². The molecule has 7 heteroatoms. The maximum absolute atomic E-state index is 12.5. The molecule has 24 heavy (non-hydrogen) atoms. The van der Waals surface area contributed by atoms with Gasteiger partial charge in [-0.25, -0.2) is 4.98 Å². The molecule has 0 bridgehead atoms. The largest absolute Gasteiger partial charge is 0.376 e. The number of carbonyl (C=O) groups is 1. The highest BCUT2D eigenvalue weighted by Gasteiger charge is 2.34. The number of amides is 1. The molecule has 1 fully saturated rings. The zero-order valence-corrected chi connectivity index (χ0v) is 14.3. The Hall–Kier alpha value is -2.28. The van der Waals surface area contributed by atoms with Gasteiger partial charge in [-0.15, -0.1) is 0 Å². The van der Waals surface area contributed by atoms with Crippen molar-refractivity contribution in [1.29, 1.82) is 0 Å². The highest BCUT2D eigenvalue weighted by Crippen LogP contribution is 2.29. The molecular formula is C17H23N5O2. The van der Waals surface area contributed by atoms with Gasteiger partial charge in [0.15, 0.2) is 5.82 Å². The summed E-state index contributed by atoms with van der Waals surface area (Å²) in [5, 5.41) is 7.13. The van der Waals surface area contributed by atoms with Gasteiger partial charge in [-0.3, -0.25) is 14.9 Å². The Kier molecular flexibility index (Phi) is 4.89.